The molecule has 0 amide bonds. The van der Waals surface area contributed by atoms with Crippen molar-refractivity contribution in [2.45, 2.75) is 0 Å². The second-order valence-corrected chi connectivity index (χ2v) is 0.602. The molecular formula is C3HOP. The summed E-state index contributed by atoms with van der Waals surface area (Å²) in [7, 11) is 2.73. The van der Waals surface area contributed by atoms with Crippen molar-refractivity contribution in [3.05, 3.63) is 5.73 Å². The molecule has 0 aromatic heterocycles. The Balaban J connectivity index is 4.38. The molecule has 0 bridgehead atoms. The van der Waals surface area contributed by atoms with Crippen LogP contribution in [-0.2, 0) is 4.79 Å². The molecule has 24 valence electrons. The Kier molecular flexibility index (Phi) is 3.05. The van der Waals surface area contributed by atoms with E-state index in [0.717, 1.165) is 0 Å². The molecule has 0 saturated heterocycles. The van der Waals surface area contributed by atoms with E-state index in [1.165, 1.54) is 5.94 Å². The van der Waals surface area contributed by atoms with Gasteiger partial charge in [0.1, 0.15) is 0 Å². The van der Waals surface area contributed by atoms with Crippen LogP contribution in [0.3, 0.4) is 0 Å². The standard InChI is InChI=1S/C3HOP/c4-2-1-3-5/h5H. The van der Waals surface area contributed by atoms with Gasteiger partial charge in [0, 0.05) is 5.73 Å². The van der Waals surface area contributed by atoms with E-state index in [9.17, 15) is 0 Å². The molecule has 0 N–H and O–H groups in total. The number of rotatable bonds is 0. The summed E-state index contributed by atoms with van der Waals surface area (Å²) >= 11 is 0. The zero-order valence-electron chi connectivity index (χ0n) is 2.41. The molecule has 0 fully saturated rings. The van der Waals surface area contributed by atoms with Crippen LogP contribution in [0.2, 0.25) is 0 Å². The Labute approximate surface area is 31.8 Å². The molecule has 0 aromatic rings. The lowest BCUT2D eigenvalue weighted by molar-refractivity contribution is 0.569. The first-order chi connectivity index (χ1) is 2.41. The fourth-order valence-corrected chi connectivity index (χ4v) is 0.0765. The normalized spacial score (nSPS) is 3.20. The minimum absolute atomic E-state index is 1.36. The van der Waals surface area contributed by atoms with Gasteiger partial charge in [0.25, 0.3) is 0 Å². The van der Waals surface area contributed by atoms with Gasteiger partial charge in [0.05, 0.1) is 0 Å². The van der Waals surface area contributed by atoms with Gasteiger partial charge in [-0.1, -0.05) is 8.86 Å². The maximum atomic E-state index is 9.08. The maximum Gasteiger partial charge on any atom is 0.186 e. The van der Waals surface area contributed by atoms with E-state index in [-0.39, 0.29) is 0 Å². The summed E-state index contributed by atoms with van der Waals surface area (Å²) < 4.78 is 0. The molecule has 0 aliphatic rings. The van der Waals surface area contributed by atoms with Crippen LogP contribution in [-0.4, -0.2) is 11.4 Å². The summed E-state index contributed by atoms with van der Waals surface area (Å²) in [5, 5.41) is 0. The van der Waals surface area contributed by atoms with Gasteiger partial charge in [-0.2, -0.15) is 0 Å². The van der Waals surface area contributed by atoms with Crippen LogP contribution in [0.15, 0.2) is 5.73 Å². The van der Waals surface area contributed by atoms with E-state index in [1.54, 1.807) is 0 Å². The summed E-state index contributed by atoms with van der Waals surface area (Å²) in [5.74, 6) is 1.36. The van der Waals surface area contributed by atoms with Crippen LogP contribution in [0.1, 0.15) is 0 Å². The van der Waals surface area contributed by atoms with Crippen molar-refractivity contribution in [3.8, 4) is 0 Å². The largest absolute Gasteiger partial charge is 0.223 e. The first-order valence-corrected chi connectivity index (χ1v) is 1.45. The molecule has 5 heavy (non-hydrogen) atoms. The third-order valence-electron chi connectivity index (χ3n) is 0.114. The number of hydrogen-bond donors (Lipinski definition) is 0. The zero-order chi connectivity index (χ0) is 4.12. The highest BCUT2D eigenvalue weighted by Gasteiger charge is 1.26. The summed E-state index contributed by atoms with van der Waals surface area (Å²) in [6.07, 6.45) is 0. The monoisotopic (exact) mass is 84.0 g/mol. The van der Waals surface area contributed by atoms with Crippen molar-refractivity contribution < 1.29 is 4.79 Å². The SMILES string of the molecule is O=C=C=C=P. The quantitative estimate of drug-likeness (QED) is 0.230. The van der Waals surface area contributed by atoms with E-state index in [0.29, 0.717) is 0 Å². The second-order valence-electron chi connectivity index (χ2n) is 0.352. The first kappa shape index (κ1) is 4.44. The fraction of sp³-hybridized carbons (Fsp3) is 0. The topological polar surface area (TPSA) is 17.1 Å². The molecule has 0 aliphatic carbocycles. The van der Waals surface area contributed by atoms with Gasteiger partial charge in [-0.15, -0.1) is 0 Å². The van der Waals surface area contributed by atoms with Gasteiger partial charge in [0.15, 0.2) is 5.94 Å². The molecular weight excluding hydrogens is 83.0 g/mol. The minimum atomic E-state index is 1.36. The molecule has 0 aromatic carbocycles. The molecule has 0 unspecified atom stereocenters. The van der Waals surface area contributed by atoms with Gasteiger partial charge in [0.2, 0.25) is 0 Å². The van der Waals surface area contributed by atoms with E-state index in [4.69, 9.17) is 4.79 Å². The Morgan fingerprint density at radius 3 is 2.20 bits per heavy atom. The van der Waals surface area contributed by atoms with E-state index < -0.39 is 0 Å². The zero-order valence-corrected chi connectivity index (χ0v) is 3.41. The molecule has 1 nitrogen and oxygen atoms in total. The lowest BCUT2D eigenvalue weighted by Gasteiger charge is -1.21. The Bertz CT molecular complexity index is 98.9. The Hall–Kier alpha value is -0.560. The van der Waals surface area contributed by atoms with Crippen molar-refractivity contribution in [3.63, 3.8) is 0 Å². The second kappa shape index (κ2) is 3.44. The van der Waals surface area contributed by atoms with Crippen molar-refractivity contribution >= 4 is 20.3 Å². The van der Waals surface area contributed by atoms with Crippen LogP contribution >= 0.6 is 8.86 Å². The number of carbonyl (C=O) groups excluding carboxylic acids is 1. The average molecular weight is 84.0 g/mol. The van der Waals surface area contributed by atoms with Gasteiger partial charge in [-0.25, -0.2) is 4.79 Å². The summed E-state index contributed by atoms with van der Waals surface area (Å²) in [6, 6.07) is 0. The fourth-order valence-electron chi connectivity index (χ4n) is 0.0255. The van der Waals surface area contributed by atoms with Crippen LogP contribution in [0.25, 0.3) is 0 Å². The first-order valence-electron chi connectivity index (χ1n) is 0.954. The third kappa shape index (κ3) is 3.44. The predicted molar refractivity (Wildman–Crippen MR) is 22.5 cm³/mol. The third-order valence-corrected chi connectivity index (χ3v) is 0.239. The Morgan fingerprint density at radius 2 is 2.20 bits per heavy atom. The van der Waals surface area contributed by atoms with E-state index in [2.05, 4.69) is 14.3 Å². The smallest absolute Gasteiger partial charge is 0.186 e. The van der Waals surface area contributed by atoms with Crippen LogP contribution in [0.5, 0.6) is 0 Å². The lowest BCUT2D eigenvalue weighted by Crippen LogP contribution is -1.30. The van der Waals surface area contributed by atoms with E-state index >= 15 is 0 Å². The minimum Gasteiger partial charge on any atom is -0.223 e. The molecule has 0 spiro atoms. The van der Waals surface area contributed by atoms with Gasteiger partial charge in [-0.05, 0) is 5.45 Å². The van der Waals surface area contributed by atoms with Crippen molar-refractivity contribution in [1.29, 1.82) is 0 Å². The average Bonchev–Trinajstić information content (AvgIpc) is 1.41. The van der Waals surface area contributed by atoms with Crippen molar-refractivity contribution in [2.24, 2.45) is 0 Å². The molecule has 2 heteroatoms. The Morgan fingerprint density at radius 1 is 1.60 bits per heavy atom. The molecule has 0 radical (unpaired) electrons. The molecule has 0 aliphatic heterocycles. The molecule has 0 saturated carbocycles. The molecule has 0 rings (SSSR count). The molecule has 0 atom stereocenters. The summed E-state index contributed by atoms with van der Waals surface area (Å²) in [5.41, 5.74) is 4.12. The predicted octanol–water partition coefficient (Wildman–Crippen LogP) is 0.0732. The van der Waals surface area contributed by atoms with Crippen molar-refractivity contribution in [2.75, 3.05) is 0 Å². The highest BCUT2D eigenvalue weighted by atomic mass is 31.0. The van der Waals surface area contributed by atoms with Gasteiger partial charge in [-0.3, -0.25) is 0 Å². The van der Waals surface area contributed by atoms with E-state index in [1.807, 2.05) is 5.73 Å². The maximum absolute atomic E-state index is 9.08. The van der Waals surface area contributed by atoms with Crippen molar-refractivity contribution in [1.82, 2.24) is 0 Å². The van der Waals surface area contributed by atoms with Gasteiger partial charge < -0.3 is 0 Å². The summed E-state index contributed by atoms with van der Waals surface area (Å²) in [6.45, 7) is 0. The lowest BCUT2D eigenvalue weighted by atomic mass is 11.0. The highest BCUT2D eigenvalue weighted by molar-refractivity contribution is 7.17. The number of hydrogen-bond acceptors (Lipinski definition) is 1. The van der Waals surface area contributed by atoms with Crippen LogP contribution in [0.4, 0.5) is 0 Å². The van der Waals surface area contributed by atoms with Crippen LogP contribution < -0.4 is 0 Å². The molecule has 0 heterocycles. The highest BCUT2D eigenvalue weighted by Crippen LogP contribution is 1.36. The summed E-state index contributed by atoms with van der Waals surface area (Å²) in [4.78, 5) is 9.08. The van der Waals surface area contributed by atoms with Crippen LogP contribution in [0, 0.1) is 0 Å². The van der Waals surface area contributed by atoms with Gasteiger partial charge >= 0.3 is 0 Å².